The number of aromatic nitrogens is 3. The number of fused-ring (bicyclic) bond motifs is 1. The van der Waals surface area contributed by atoms with Crippen LogP contribution in [0.15, 0.2) is 12.3 Å². The van der Waals surface area contributed by atoms with Crippen LogP contribution in [0.4, 0.5) is 13.2 Å². The molecule has 2 aromatic rings. The largest absolute Gasteiger partial charge is 0.480 e. The molecule has 0 aromatic carbocycles. The van der Waals surface area contributed by atoms with Gasteiger partial charge in [-0.15, -0.1) is 0 Å². The van der Waals surface area contributed by atoms with Crippen LogP contribution in [0.5, 0.6) is 6.01 Å². The van der Waals surface area contributed by atoms with Crippen LogP contribution < -0.4 is 0 Å². The molecule has 0 radical (unpaired) electrons. The van der Waals surface area contributed by atoms with Crippen LogP contribution in [0.2, 0.25) is 5.02 Å². The summed E-state index contributed by atoms with van der Waals surface area (Å²) in [5.41, 5.74) is 0.0868. The summed E-state index contributed by atoms with van der Waals surface area (Å²) in [7, 11) is 0. The van der Waals surface area contributed by atoms with Crippen LogP contribution in [-0.4, -0.2) is 25.8 Å². The van der Waals surface area contributed by atoms with E-state index in [1.807, 2.05) is 0 Å². The fourth-order valence-electron chi connectivity index (χ4n) is 1.81. The van der Waals surface area contributed by atoms with E-state index in [0.717, 1.165) is 0 Å². The van der Waals surface area contributed by atoms with Gasteiger partial charge in [-0.3, -0.25) is 4.57 Å². The van der Waals surface area contributed by atoms with E-state index in [1.54, 1.807) is 0 Å². The Morgan fingerprint density at radius 2 is 2.17 bits per heavy atom. The van der Waals surface area contributed by atoms with Crippen LogP contribution in [0.3, 0.4) is 0 Å². The zero-order valence-corrected chi connectivity index (χ0v) is 10.00. The average molecular weight is 280 g/mol. The van der Waals surface area contributed by atoms with Crippen LogP contribution in [0, 0.1) is 0 Å². The van der Waals surface area contributed by atoms with Crippen molar-refractivity contribution in [3.05, 3.63) is 17.3 Å². The first-order valence-corrected chi connectivity index (χ1v) is 5.51. The van der Waals surface area contributed by atoms with Crippen molar-refractivity contribution in [1.82, 2.24) is 14.5 Å². The third-order valence-corrected chi connectivity index (χ3v) is 2.78. The summed E-state index contributed by atoms with van der Waals surface area (Å²) in [5, 5.41) is 9.74. The predicted molar refractivity (Wildman–Crippen MR) is 59.6 cm³/mol. The van der Waals surface area contributed by atoms with Crippen molar-refractivity contribution in [2.75, 3.05) is 0 Å². The molecule has 1 N–H and O–H groups in total. The molecule has 0 spiro atoms. The number of nitrogens with zero attached hydrogens (tertiary/aromatic N) is 3. The van der Waals surface area contributed by atoms with Crippen LogP contribution in [0.1, 0.15) is 19.4 Å². The molecule has 0 bridgehead atoms. The molecule has 0 aliphatic rings. The van der Waals surface area contributed by atoms with Gasteiger partial charge >= 0.3 is 6.18 Å². The molecule has 98 valence electrons. The van der Waals surface area contributed by atoms with Crippen molar-refractivity contribution >= 4 is 22.8 Å². The lowest BCUT2D eigenvalue weighted by Gasteiger charge is -2.21. The Bertz CT molecular complexity index is 581. The predicted octanol–water partition coefficient (Wildman–Crippen LogP) is 3.30. The summed E-state index contributed by atoms with van der Waals surface area (Å²) in [5.74, 6) is 0. The van der Waals surface area contributed by atoms with Gasteiger partial charge in [0.15, 0.2) is 5.65 Å². The number of halogens is 4. The highest BCUT2D eigenvalue weighted by atomic mass is 35.5. The SMILES string of the molecule is CCC(n1c(O)nc2ncc(Cl)cc21)C(F)(F)F. The third kappa shape index (κ3) is 2.10. The first-order chi connectivity index (χ1) is 8.34. The maximum atomic E-state index is 12.9. The highest BCUT2D eigenvalue weighted by molar-refractivity contribution is 6.31. The van der Waals surface area contributed by atoms with Gasteiger partial charge in [0.2, 0.25) is 0 Å². The normalized spacial score (nSPS) is 14.1. The van der Waals surface area contributed by atoms with Crippen molar-refractivity contribution < 1.29 is 18.3 Å². The van der Waals surface area contributed by atoms with Crippen molar-refractivity contribution in [2.45, 2.75) is 25.6 Å². The number of hydrogen-bond acceptors (Lipinski definition) is 3. The molecule has 2 heterocycles. The van der Waals surface area contributed by atoms with Crippen molar-refractivity contribution in [3.8, 4) is 6.01 Å². The smallest absolute Gasteiger partial charge is 0.409 e. The summed E-state index contributed by atoms with van der Waals surface area (Å²) < 4.78 is 39.3. The zero-order chi connectivity index (χ0) is 13.5. The molecular weight excluding hydrogens is 271 g/mol. The third-order valence-electron chi connectivity index (χ3n) is 2.57. The molecule has 0 aliphatic heterocycles. The van der Waals surface area contributed by atoms with E-state index in [2.05, 4.69) is 9.97 Å². The zero-order valence-electron chi connectivity index (χ0n) is 9.24. The Morgan fingerprint density at radius 1 is 1.50 bits per heavy atom. The van der Waals surface area contributed by atoms with E-state index >= 15 is 0 Å². The topological polar surface area (TPSA) is 50.9 Å². The molecule has 1 atom stereocenters. The molecule has 18 heavy (non-hydrogen) atoms. The average Bonchev–Trinajstić information content (AvgIpc) is 2.55. The quantitative estimate of drug-likeness (QED) is 0.917. The molecule has 0 fully saturated rings. The maximum absolute atomic E-state index is 12.9. The van der Waals surface area contributed by atoms with E-state index in [4.69, 9.17) is 11.6 Å². The summed E-state index contributed by atoms with van der Waals surface area (Å²) in [4.78, 5) is 7.36. The minimum absolute atomic E-state index is 0.0274. The molecule has 2 rings (SSSR count). The van der Waals surface area contributed by atoms with Crippen LogP contribution >= 0.6 is 11.6 Å². The first kappa shape index (κ1) is 12.9. The molecule has 0 saturated heterocycles. The second-order valence-corrected chi connectivity index (χ2v) is 4.18. The molecule has 4 nitrogen and oxygen atoms in total. The van der Waals surface area contributed by atoms with Crippen molar-refractivity contribution in [3.63, 3.8) is 0 Å². The van der Waals surface area contributed by atoms with Gasteiger partial charge < -0.3 is 5.11 Å². The molecule has 8 heteroatoms. The van der Waals surface area contributed by atoms with Gasteiger partial charge in [-0.25, -0.2) is 4.98 Å². The number of rotatable bonds is 2. The molecule has 0 amide bonds. The monoisotopic (exact) mass is 279 g/mol. The van der Waals surface area contributed by atoms with Crippen molar-refractivity contribution in [2.24, 2.45) is 0 Å². The van der Waals surface area contributed by atoms with E-state index < -0.39 is 18.2 Å². The number of aromatic hydroxyl groups is 1. The minimum Gasteiger partial charge on any atom is -0.480 e. The second-order valence-electron chi connectivity index (χ2n) is 3.74. The summed E-state index contributed by atoms with van der Waals surface area (Å²) in [6, 6.07) is -1.28. The van der Waals surface area contributed by atoms with Gasteiger partial charge in [0.1, 0.15) is 6.04 Å². The van der Waals surface area contributed by atoms with Gasteiger partial charge in [-0.2, -0.15) is 18.2 Å². The van der Waals surface area contributed by atoms with Gasteiger partial charge in [0.25, 0.3) is 6.01 Å². The van der Waals surface area contributed by atoms with E-state index in [-0.39, 0.29) is 22.6 Å². The molecule has 2 aromatic heterocycles. The Balaban J connectivity index is 2.69. The molecule has 0 aliphatic carbocycles. The van der Waals surface area contributed by atoms with Crippen LogP contribution in [-0.2, 0) is 0 Å². The Morgan fingerprint density at radius 3 is 2.72 bits per heavy atom. The van der Waals surface area contributed by atoms with Crippen LogP contribution in [0.25, 0.3) is 11.2 Å². The lowest BCUT2D eigenvalue weighted by molar-refractivity contribution is -0.168. The molecule has 1 unspecified atom stereocenters. The van der Waals surface area contributed by atoms with Crippen molar-refractivity contribution in [1.29, 1.82) is 0 Å². The fraction of sp³-hybridized carbons (Fsp3) is 0.400. The van der Waals surface area contributed by atoms with Gasteiger partial charge in [0, 0.05) is 6.20 Å². The van der Waals surface area contributed by atoms with E-state index in [9.17, 15) is 18.3 Å². The van der Waals surface area contributed by atoms with Gasteiger partial charge in [-0.05, 0) is 12.5 Å². The molecular formula is C10H9ClF3N3O. The Hall–Kier alpha value is -1.50. The number of hydrogen-bond donors (Lipinski definition) is 1. The summed E-state index contributed by atoms with van der Waals surface area (Å²) in [6.45, 7) is 1.38. The Kier molecular flexibility index (Phi) is 3.10. The number of alkyl halides is 3. The molecule has 0 saturated carbocycles. The fourth-order valence-corrected chi connectivity index (χ4v) is 1.96. The van der Waals surface area contributed by atoms with Gasteiger partial charge in [-0.1, -0.05) is 18.5 Å². The first-order valence-electron chi connectivity index (χ1n) is 5.13. The second kappa shape index (κ2) is 4.31. The lowest BCUT2D eigenvalue weighted by Crippen LogP contribution is -2.25. The highest BCUT2D eigenvalue weighted by Crippen LogP contribution is 2.38. The summed E-state index contributed by atoms with van der Waals surface area (Å²) in [6.07, 6.45) is -3.45. The van der Waals surface area contributed by atoms with Gasteiger partial charge in [0.05, 0.1) is 10.5 Å². The van der Waals surface area contributed by atoms with E-state index in [0.29, 0.717) is 4.57 Å². The number of pyridine rings is 1. The summed E-state index contributed by atoms with van der Waals surface area (Å²) >= 11 is 5.70. The lowest BCUT2D eigenvalue weighted by atomic mass is 10.2. The number of imidazole rings is 1. The standard InChI is InChI=1S/C10H9ClF3N3O/c1-2-7(10(12,13)14)17-6-3-5(11)4-15-8(6)16-9(17)18/h3-4,7H,2H2,1H3,(H,15,16,18). The Labute approximate surface area is 105 Å². The minimum atomic E-state index is -4.48. The highest BCUT2D eigenvalue weighted by Gasteiger charge is 2.41. The maximum Gasteiger partial charge on any atom is 0.409 e. The van der Waals surface area contributed by atoms with E-state index in [1.165, 1.54) is 19.2 Å².